The van der Waals surface area contributed by atoms with Crippen LogP contribution in [0.2, 0.25) is 0 Å². The SMILES string of the molecule is CNc1nc2c(s1)CNCC2. The van der Waals surface area contributed by atoms with Crippen LogP contribution in [0, 0.1) is 0 Å². The van der Waals surface area contributed by atoms with Crippen LogP contribution in [0.3, 0.4) is 0 Å². The predicted molar refractivity (Wildman–Crippen MR) is 47.1 cm³/mol. The van der Waals surface area contributed by atoms with E-state index in [1.165, 1.54) is 10.6 Å². The lowest BCUT2D eigenvalue weighted by Crippen LogP contribution is -2.22. The van der Waals surface area contributed by atoms with E-state index in [1.807, 2.05) is 7.05 Å². The molecule has 3 nitrogen and oxygen atoms in total. The highest BCUT2D eigenvalue weighted by Gasteiger charge is 2.13. The lowest BCUT2D eigenvalue weighted by molar-refractivity contribution is 0.644. The number of rotatable bonds is 1. The first-order chi connectivity index (χ1) is 5.40. The minimum absolute atomic E-state index is 0.995. The molecule has 0 atom stereocenters. The third-order valence-electron chi connectivity index (χ3n) is 1.82. The standard InChI is InChI=1S/C7H11N3S/c1-8-7-10-5-2-3-9-4-6(5)11-7/h9H,2-4H2,1H3,(H,8,10). The summed E-state index contributed by atoms with van der Waals surface area (Å²) >= 11 is 1.75. The van der Waals surface area contributed by atoms with Gasteiger partial charge in [0.1, 0.15) is 0 Å². The molecule has 0 aliphatic carbocycles. The second-order valence-electron chi connectivity index (χ2n) is 2.57. The molecule has 0 fully saturated rings. The molecule has 1 aliphatic heterocycles. The normalized spacial score (nSPS) is 16.1. The van der Waals surface area contributed by atoms with Crippen LogP contribution in [-0.4, -0.2) is 18.6 Å². The lowest BCUT2D eigenvalue weighted by atomic mass is 10.2. The minimum atomic E-state index is 0.995. The van der Waals surface area contributed by atoms with Crippen LogP contribution in [0.4, 0.5) is 5.13 Å². The van der Waals surface area contributed by atoms with Gasteiger partial charge in [-0.3, -0.25) is 0 Å². The average Bonchev–Trinajstić information content (AvgIpc) is 2.46. The summed E-state index contributed by atoms with van der Waals surface area (Å²) in [6.07, 6.45) is 1.08. The van der Waals surface area contributed by atoms with E-state index in [9.17, 15) is 0 Å². The summed E-state index contributed by atoms with van der Waals surface area (Å²) < 4.78 is 0. The molecule has 0 amide bonds. The molecule has 2 N–H and O–H groups in total. The molecule has 4 heteroatoms. The zero-order chi connectivity index (χ0) is 7.68. The van der Waals surface area contributed by atoms with E-state index in [-0.39, 0.29) is 0 Å². The van der Waals surface area contributed by atoms with Gasteiger partial charge in [-0.1, -0.05) is 0 Å². The van der Waals surface area contributed by atoms with Gasteiger partial charge in [-0.15, -0.1) is 11.3 Å². The number of anilines is 1. The van der Waals surface area contributed by atoms with Crippen LogP contribution in [-0.2, 0) is 13.0 Å². The highest BCUT2D eigenvalue weighted by molar-refractivity contribution is 7.15. The summed E-state index contributed by atoms with van der Waals surface area (Å²) in [5.74, 6) is 0. The first-order valence-corrected chi connectivity index (χ1v) is 4.59. The Labute approximate surface area is 69.8 Å². The van der Waals surface area contributed by atoms with Gasteiger partial charge in [0.2, 0.25) is 0 Å². The Hall–Kier alpha value is -0.610. The maximum Gasteiger partial charge on any atom is 0.182 e. The number of thiazole rings is 1. The van der Waals surface area contributed by atoms with Crippen molar-refractivity contribution in [2.75, 3.05) is 18.9 Å². The summed E-state index contributed by atoms with van der Waals surface area (Å²) in [5.41, 5.74) is 1.28. The van der Waals surface area contributed by atoms with Crippen LogP contribution >= 0.6 is 11.3 Å². The molecule has 11 heavy (non-hydrogen) atoms. The Morgan fingerprint density at radius 1 is 1.64 bits per heavy atom. The molecule has 0 unspecified atom stereocenters. The van der Waals surface area contributed by atoms with Crippen molar-refractivity contribution in [1.82, 2.24) is 10.3 Å². The molecule has 2 heterocycles. The minimum Gasteiger partial charge on any atom is -0.365 e. The Morgan fingerprint density at radius 3 is 3.27 bits per heavy atom. The van der Waals surface area contributed by atoms with Gasteiger partial charge in [0.25, 0.3) is 0 Å². The third kappa shape index (κ3) is 1.23. The fourth-order valence-electron chi connectivity index (χ4n) is 1.23. The van der Waals surface area contributed by atoms with Crippen molar-refractivity contribution in [3.05, 3.63) is 10.6 Å². The van der Waals surface area contributed by atoms with Gasteiger partial charge in [0, 0.05) is 31.4 Å². The highest BCUT2D eigenvalue weighted by atomic mass is 32.1. The van der Waals surface area contributed by atoms with Gasteiger partial charge in [-0.25, -0.2) is 4.98 Å². The summed E-state index contributed by atoms with van der Waals surface area (Å²) in [4.78, 5) is 5.83. The van der Waals surface area contributed by atoms with E-state index < -0.39 is 0 Å². The molecule has 60 valence electrons. The molecule has 1 aromatic heterocycles. The van der Waals surface area contributed by atoms with Crippen molar-refractivity contribution >= 4 is 16.5 Å². The number of nitrogens with one attached hydrogen (secondary N) is 2. The van der Waals surface area contributed by atoms with Crippen LogP contribution in [0.15, 0.2) is 0 Å². The molecular weight excluding hydrogens is 158 g/mol. The van der Waals surface area contributed by atoms with Crippen molar-refractivity contribution in [2.24, 2.45) is 0 Å². The smallest absolute Gasteiger partial charge is 0.182 e. The quantitative estimate of drug-likeness (QED) is 0.654. The number of hydrogen-bond acceptors (Lipinski definition) is 4. The van der Waals surface area contributed by atoms with Crippen molar-refractivity contribution in [3.8, 4) is 0 Å². The topological polar surface area (TPSA) is 37.0 Å². The van der Waals surface area contributed by atoms with Gasteiger partial charge >= 0.3 is 0 Å². The van der Waals surface area contributed by atoms with Crippen LogP contribution in [0.5, 0.6) is 0 Å². The molecule has 0 saturated heterocycles. The predicted octanol–water partition coefficient (Wildman–Crippen LogP) is 0.831. The fraction of sp³-hybridized carbons (Fsp3) is 0.571. The van der Waals surface area contributed by atoms with E-state index >= 15 is 0 Å². The summed E-state index contributed by atoms with van der Waals surface area (Å²) in [7, 11) is 1.91. The highest BCUT2D eigenvalue weighted by Crippen LogP contribution is 2.24. The third-order valence-corrected chi connectivity index (χ3v) is 2.93. The Kier molecular flexibility index (Phi) is 1.79. The molecule has 1 aromatic rings. The molecule has 0 radical (unpaired) electrons. The van der Waals surface area contributed by atoms with Crippen LogP contribution in [0.1, 0.15) is 10.6 Å². The van der Waals surface area contributed by atoms with Gasteiger partial charge in [-0.2, -0.15) is 0 Å². The number of nitrogens with zero attached hydrogens (tertiary/aromatic N) is 1. The van der Waals surface area contributed by atoms with E-state index in [4.69, 9.17) is 0 Å². The Bertz CT molecular complexity index is 233. The molecule has 0 saturated carbocycles. The maximum absolute atomic E-state index is 4.44. The molecular formula is C7H11N3S. The Balaban J connectivity index is 2.32. The van der Waals surface area contributed by atoms with Gasteiger partial charge in [0.15, 0.2) is 5.13 Å². The van der Waals surface area contributed by atoms with Crippen LogP contribution < -0.4 is 10.6 Å². The van der Waals surface area contributed by atoms with Gasteiger partial charge < -0.3 is 10.6 Å². The molecule has 1 aliphatic rings. The Morgan fingerprint density at radius 2 is 2.55 bits per heavy atom. The maximum atomic E-state index is 4.44. The molecule has 0 bridgehead atoms. The summed E-state index contributed by atoms with van der Waals surface area (Å²) in [6, 6.07) is 0. The van der Waals surface area contributed by atoms with Crippen LogP contribution in [0.25, 0.3) is 0 Å². The average molecular weight is 169 g/mol. The van der Waals surface area contributed by atoms with Crippen molar-refractivity contribution in [1.29, 1.82) is 0 Å². The number of fused-ring (bicyclic) bond motifs is 1. The van der Waals surface area contributed by atoms with E-state index in [0.29, 0.717) is 0 Å². The second-order valence-corrected chi connectivity index (χ2v) is 3.65. The molecule has 0 spiro atoms. The van der Waals surface area contributed by atoms with Crippen molar-refractivity contribution in [2.45, 2.75) is 13.0 Å². The zero-order valence-corrected chi connectivity index (χ0v) is 7.29. The van der Waals surface area contributed by atoms with E-state index in [1.54, 1.807) is 11.3 Å². The van der Waals surface area contributed by atoms with Gasteiger partial charge in [-0.05, 0) is 0 Å². The number of aromatic nitrogens is 1. The van der Waals surface area contributed by atoms with Gasteiger partial charge in [0.05, 0.1) is 5.69 Å². The second kappa shape index (κ2) is 2.79. The molecule has 2 rings (SSSR count). The van der Waals surface area contributed by atoms with E-state index in [0.717, 1.165) is 24.6 Å². The van der Waals surface area contributed by atoms with Crippen molar-refractivity contribution in [3.63, 3.8) is 0 Å². The summed E-state index contributed by atoms with van der Waals surface area (Å²) in [5, 5.41) is 7.43. The lowest BCUT2D eigenvalue weighted by Gasteiger charge is -2.09. The van der Waals surface area contributed by atoms with Crippen molar-refractivity contribution < 1.29 is 0 Å². The first-order valence-electron chi connectivity index (χ1n) is 3.77. The summed E-state index contributed by atoms with van der Waals surface area (Å²) in [6.45, 7) is 2.06. The van der Waals surface area contributed by atoms with E-state index in [2.05, 4.69) is 15.6 Å². The molecule has 0 aromatic carbocycles. The zero-order valence-electron chi connectivity index (χ0n) is 6.48. The first kappa shape index (κ1) is 7.06. The number of hydrogen-bond donors (Lipinski definition) is 2. The fourth-order valence-corrected chi connectivity index (χ4v) is 2.16. The monoisotopic (exact) mass is 169 g/mol. The largest absolute Gasteiger partial charge is 0.365 e.